The second-order valence-corrected chi connectivity index (χ2v) is 10.3. The van der Waals surface area contributed by atoms with Gasteiger partial charge in [-0.15, -0.1) is 0 Å². The SMILES string of the molecule is CCN(C)CC([O][In]([CH3])[CH3])C(F)(F)F. The summed E-state index contributed by atoms with van der Waals surface area (Å²) in [6, 6.07) is 0. The van der Waals surface area contributed by atoms with Crippen molar-refractivity contribution in [3.05, 3.63) is 0 Å². The monoisotopic (exact) mass is 315 g/mol. The van der Waals surface area contributed by atoms with Crippen molar-refractivity contribution in [3.8, 4) is 0 Å². The third-order valence-electron chi connectivity index (χ3n) is 1.82. The van der Waals surface area contributed by atoms with Gasteiger partial charge in [0, 0.05) is 0 Å². The number of likely N-dealkylation sites (N-methyl/N-ethyl adjacent to an activating group) is 1. The molecule has 0 saturated heterocycles. The van der Waals surface area contributed by atoms with Gasteiger partial charge in [-0.3, -0.25) is 0 Å². The number of hydrogen-bond acceptors (Lipinski definition) is 2. The normalized spacial score (nSPS) is 14.6. The van der Waals surface area contributed by atoms with E-state index in [9.17, 15) is 13.2 Å². The van der Waals surface area contributed by atoms with Crippen molar-refractivity contribution < 1.29 is 16.0 Å². The van der Waals surface area contributed by atoms with E-state index in [-0.39, 0.29) is 6.54 Å². The quantitative estimate of drug-likeness (QED) is 0.771. The van der Waals surface area contributed by atoms with Crippen LogP contribution in [0.1, 0.15) is 6.92 Å². The van der Waals surface area contributed by atoms with E-state index < -0.39 is 34.2 Å². The third kappa shape index (κ3) is 6.14. The first-order valence-electron chi connectivity index (χ1n) is 4.68. The van der Waals surface area contributed by atoms with E-state index in [0.29, 0.717) is 6.54 Å². The van der Waals surface area contributed by atoms with Gasteiger partial charge in [0.1, 0.15) is 0 Å². The van der Waals surface area contributed by atoms with Crippen molar-refractivity contribution in [1.29, 1.82) is 0 Å². The minimum absolute atomic E-state index is 0.0604. The molecule has 84 valence electrons. The maximum atomic E-state index is 12.5. The van der Waals surface area contributed by atoms with Crippen molar-refractivity contribution in [1.82, 2.24) is 4.90 Å². The second-order valence-electron chi connectivity index (χ2n) is 3.57. The van der Waals surface area contributed by atoms with E-state index in [1.54, 1.807) is 11.9 Å². The van der Waals surface area contributed by atoms with Crippen LogP contribution in [0, 0.1) is 0 Å². The van der Waals surface area contributed by atoms with Crippen LogP contribution in [0.4, 0.5) is 13.2 Å². The first-order chi connectivity index (χ1) is 6.27. The van der Waals surface area contributed by atoms with Crippen molar-refractivity contribution in [3.63, 3.8) is 0 Å². The number of nitrogens with zero attached hydrogens (tertiary/aromatic N) is 1. The molecule has 0 spiro atoms. The van der Waals surface area contributed by atoms with Crippen LogP contribution >= 0.6 is 0 Å². The molecule has 1 atom stereocenters. The van der Waals surface area contributed by atoms with E-state index in [1.165, 1.54) is 0 Å². The molecule has 0 fully saturated rings. The number of halogens is 3. The molecule has 1 unspecified atom stereocenters. The van der Waals surface area contributed by atoms with E-state index in [2.05, 4.69) is 0 Å². The molecule has 0 saturated carbocycles. The molecule has 0 aliphatic rings. The van der Waals surface area contributed by atoms with Crippen molar-refractivity contribution in [2.75, 3.05) is 20.1 Å². The van der Waals surface area contributed by atoms with Crippen LogP contribution in [0.3, 0.4) is 0 Å². The van der Waals surface area contributed by atoms with Crippen molar-refractivity contribution in [2.24, 2.45) is 0 Å². The molecule has 0 aromatic carbocycles. The molecule has 0 radical (unpaired) electrons. The maximum absolute atomic E-state index is 12.5. The Kier molecular flexibility index (Phi) is 6.48. The zero-order valence-electron chi connectivity index (χ0n) is 9.06. The predicted molar refractivity (Wildman–Crippen MR) is 51.6 cm³/mol. The molecule has 0 aliphatic carbocycles. The standard InChI is InChI=1S/C6H11F3NO.2CH3.In/c1-3-10(2)4-5(11)6(7,8)9;;;/h5H,3-4H2,1-2H3;2*1H3;/q-1;;;+1. The average molecular weight is 315 g/mol. The second kappa shape index (κ2) is 6.23. The van der Waals surface area contributed by atoms with Gasteiger partial charge in [0.15, 0.2) is 0 Å². The Morgan fingerprint density at radius 2 is 1.86 bits per heavy atom. The average Bonchev–Trinajstić information content (AvgIpc) is 2.00. The van der Waals surface area contributed by atoms with E-state index in [4.69, 9.17) is 2.85 Å². The summed E-state index contributed by atoms with van der Waals surface area (Å²) in [5.74, 6) is 0. The number of rotatable bonds is 5. The number of hydrogen-bond donors (Lipinski definition) is 0. The molecule has 0 aliphatic heterocycles. The Labute approximate surface area is 91.6 Å². The summed E-state index contributed by atoms with van der Waals surface area (Å²) in [4.78, 5) is 1.62. The molecule has 0 amide bonds. The van der Waals surface area contributed by atoms with Crippen LogP contribution in [0.2, 0.25) is 9.36 Å². The van der Waals surface area contributed by atoms with Gasteiger partial charge in [-0.2, -0.15) is 0 Å². The van der Waals surface area contributed by atoms with E-state index in [1.807, 2.05) is 16.3 Å². The minimum atomic E-state index is -4.23. The molecule has 2 nitrogen and oxygen atoms in total. The molecule has 6 heteroatoms. The topological polar surface area (TPSA) is 12.5 Å². The Bertz CT molecular complexity index is 163. The van der Waals surface area contributed by atoms with Crippen molar-refractivity contribution >= 4 is 21.9 Å². The van der Waals surface area contributed by atoms with Crippen LogP contribution in [0.25, 0.3) is 0 Å². The summed E-state index contributed by atoms with van der Waals surface area (Å²) in [7, 11) is 1.66. The Hall–Kier alpha value is 0.580. The van der Waals surface area contributed by atoms with Crippen LogP contribution in [-0.2, 0) is 2.85 Å². The van der Waals surface area contributed by atoms with E-state index >= 15 is 0 Å². The van der Waals surface area contributed by atoms with Gasteiger partial charge in [-0.05, 0) is 0 Å². The van der Waals surface area contributed by atoms with Gasteiger partial charge in [-0.1, -0.05) is 0 Å². The van der Waals surface area contributed by atoms with Gasteiger partial charge >= 0.3 is 91.5 Å². The fourth-order valence-corrected chi connectivity index (χ4v) is 3.53. The fraction of sp³-hybridized carbons (Fsp3) is 1.00. The summed E-state index contributed by atoms with van der Waals surface area (Å²) in [5, 5.41) is 0. The van der Waals surface area contributed by atoms with Crippen LogP contribution in [0.15, 0.2) is 0 Å². The first kappa shape index (κ1) is 14.6. The Balaban J connectivity index is 4.26. The molecule has 0 aromatic heterocycles. The molecule has 0 rings (SSSR count). The van der Waals surface area contributed by atoms with Crippen LogP contribution in [-0.4, -0.2) is 59.2 Å². The molecule has 14 heavy (non-hydrogen) atoms. The molecule has 0 bridgehead atoms. The molecule has 0 aromatic rings. The summed E-state index contributed by atoms with van der Waals surface area (Å²) in [5.41, 5.74) is 0. The van der Waals surface area contributed by atoms with Crippen LogP contribution in [0.5, 0.6) is 0 Å². The van der Waals surface area contributed by atoms with Gasteiger partial charge < -0.3 is 0 Å². The summed E-state index contributed by atoms with van der Waals surface area (Å²) in [6.07, 6.45) is -5.83. The van der Waals surface area contributed by atoms with Gasteiger partial charge in [0.2, 0.25) is 0 Å². The van der Waals surface area contributed by atoms with Gasteiger partial charge in [-0.25, -0.2) is 0 Å². The Morgan fingerprint density at radius 3 is 2.14 bits per heavy atom. The summed E-state index contributed by atoms with van der Waals surface area (Å²) >= 11 is -2.28. The zero-order valence-corrected chi connectivity index (χ0v) is 12.4. The van der Waals surface area contributed by atoms with Crippen LogP contribution < -0.4 is 0 Å². The predicted octanol–water partition coefficient (Wildman–Crippen LogP) is 2.14. The molecular formula is C8H17F3InNO. The molecule has 0 N–H and O–H groups in total. The third-order valence-corrected chi connectivity index (χ3v) is 4.31. The number of alkyl halides is 3. The summed E-state index contributed by atoms with van der Waals surface area (Å²) in [6.45, 7) is 2.37. The molecule has 0 heterocycles. The first-order valence-corrected chi connectivity index (χ1v) is 12.6. The van der Waals surface area contributed by atoms with Crippen molar-refractivity contribution in [2.45, 2.75) is 28.6 Å². The Morgan fingerprint density at radius 1 is 1.36 bits per heavy atom. The summed E-state index contributed by atoms with van der Waals surface area (Å²) < 4.78 is 46.0. The molecular weight excluding hydrogens is 298 g/mol. The van der Waals surface area contributed by atoms with Gasteiger partial charge in [0.05, 0.1) is 0 Å². The zero-order chi connectivity index (χ0) is 11.4. The van der Waals surface area contributed by atoms with Gasteiger partial charge in [0.25, 0.3) is 0 Å². The fourth-order valence-electron chi connectivity index (χ4n) is 0.964. The van der Waals surface area contributed by atoms with E-state index in [0.717, 1.165) is 0 Å².